The van der Waals surface area contributed by atoms with Crippen molar-refractivity contribution in [3.63, 3.8) is 0 Å². The number of aromatic nitrogens is 2. The lowest BCUT2D eigenvalue weighted by Crippen LogP contribution is -2.34. The molecule has 1 aromatic heterocycles. The molecule has 1 aliphatic heterocycles. The van der Waals surface area contributed by atoms with Gasteiger partial charge in [-0.05, 0) is 61.4 Å². The molecule has 1 fully saturated rings. The molecule has 0 radical (unpaired) electrons. The molecular weight excluding hydrogens is 343 g/mol. The number of benzene rings is 1. The molecule has 0 amide bonds. The van der Waals surface area contributed by atoms with Gasteiger partial charge in [-0.15, -0.1) is 10.2 Å². The topological polar surface area (TPSA) is 38.2 Å². The van der Waals surface area contributed by atoms with E-state index in [1.54, 1.807) is 7.11 Å². The smallest absolute Gasteiger partial charge is 0.435 e. The number of piperidine rings is 1. The van der Waals surface area contributed by atoms with Crippen molar-refractivity contribution < 1.29 is 17.9 Å². The van der Waals surface area contributed by atoms with Gasteiger partial charge in [0.1, 0.15) is 5.75 Å². The van der Waals surface area contributed by atoms with Crippen LogP contribution in [0.15, 0.2) is 36.4 Å². The molecule has 1 aliphatic rings. The molecule has 3 rings (SSSR count). The normalized spacial score (nSPS) is 15.9. The summed E-state index contributed by atoms with van der Waals surface area (Å²) in [5, 5.41) is 7.06. The third kappa shape index (κ3) is 4.65. The second-order valence-corrected chi connectivity index (χ2v) is 6.59. The van der Waals surface area contributed by atoms with Crippen molar-refractivity contribution in [3.05, 3.63) is 47.7 Å². The van der Waals surface area contributed by atoms with Gasteiger partial charge in [0.05, 0.1) is 7.11 Å². The molecule has 0 N–H and O–H groups in total. The van der Waals surface area contributed by atoms with Crippen molar-refractivity contribution in [2.75, 3.05) is 25.1 Å². The molecule has 0 bridgehead atoms. The Morgan fingerprint density at radius 1 is 1.04 bits per heavy atom. The maximum Gasteiger partial charge on any atom is 0.435 e. The third-order valence-corrected chi connectivity index (χ3v) is 4.88. The lowest BCUT2D eigenvalue weighted by Gasteiger charge is -2.32. The Bertz CT molecular complexity index is 693. The number of anilines is 1. The number of halogens is 3. The van der Waals surface area contributed by atoms with Gasteiger partial charge in [-0.25, -0.2) is 0 Å². The number of hydrogen-bond donors (Lipinski definition) is 0. The Kier molecular flexibility index (Phi) is 5.64. The molecule has 0 spiro atoms. The monoisotopic (exact) mass is 365 g/mol. The summed E-state index contributed by atoms with van der Waals surface area (Å²) in [5.41, 5.74) is 0.345. The van der Waals surface area contributed by atoms with Crippen LogP contribution < -0.4 is 9.64 Å². The van der Waals surface area contributed by atoms with E-state index >= 15 is 0 Å². The zero-order valence-corrected chi connectivity index (χ0v) is 14.7. The Labute approximate surface area is 151 Å². The van der Waals surface area contributed by atoms with E-state index < -0.39 is 11.9 Å². The molecule has 7 heteroatoms. The van der Waals surface area contributed by atoms with Gasteiger partial charge in [0.25, 0.3) is 0 Å². The number of alkyl halides is 3. The number of hydrogen-bond acceptors (Lipinski definition) is 4. The minimum absolute atomic E-state index is 0.520. The molecule has 0 unspecified atom stereocenters. The molecule has 0 saturated carbocycles. The molecule has 26 heavy (non-hydrogen) atoms. The quantitative estimate of drug-likeness (QED) is 0.789. The van der Waals surface area contributed by atoms with Gasteiger partial charge < -0.3 is 9.64 Å². The maximum atomic E-state index is 12.6. The van der Waals surface area contributed by atoms with Crippen LogP contribution in [-0.2, 0) is 12.6 Å². The minimum Gasteiger partial charge on any atom is -0.497 e. The molecule has 1 aromatic carbocycles. The Hall–Kier alpha value is -2.31. The van der Waals surface area contributed by atoms with E-state index in [-0.39, 0.29) is 0 Å². The number of aryl methyl sites for hydroxylation is 1. The van der Waals surface area contributed by atoms with Gasteiger partial charge in [-0.1, -0.05) is 12.1 Å². The molecular formula is C19H22F3N3O. The first-order valence-electron chi connectivity index (χ1n) is 8.74. The van der Waals surface area contributed by atoms with Gasteiger partial charge in [0.2, 0.25) is 0 Å². The standard InChI is InChI=1S/C19H22F3N3O/c1-26-16-6-4-14(5-7-16)2-3-15-10-12-25(13-11-15)18-9-8-17(23-24-18)19(20,21)22/h4-9,15H,2-3,10-13H2,1H3. The zero-order chi connectivity index (χ0) is 18.6. The lowest BCUT2D eigenvalue weighted by molar-refractivity contribution is -0.141. The number of methoxy groups -OCH3 is 1. The van der Waals surface area contributed by atoms with Gasteiger partial charge in [0.15, 0.2) is 11.5 Å². The van der Waals surface area contributed by atoms with Gasteiger partial charge in [-0.2, -0.15) is 13.2 Å². The fraction of sp³-hybridized carbons (Fsp3) is 0.474. The Morgan fingerprint density at radius 2 is 1.73 bits per heavy atom. The highest BCUT2D eigenvalue weighted by atomic mass is 19.4. The Balaban J connectivity index is 1.47. The van der Waals surface area contributed by atoms with E-state index in [1.807, 2.05) is 17.0 Å². The van der Waals surface area contributed by atoms with Gasteiger partial charge in [-0.3, -0.25) is 0 Å². The predicted octanol–water partition coefficient (Wildman–Crippen LogP) is 4.35. The average Bonchev–Trinajstić information content (AvgIpc) is 2.66. The van der Waals surface area contributed by atoms with Crippen molar-refractivity contribution in [2.45, 2.75) is 31.9 Å². The first-order valence-corrected chi connectivity index (χ1v) is 8.74. The third-order valence-electron chi connectivity index (χ3n) is 4.88. The first-order chi connectivity index (χ1) is 12.5. The Morgan fingerprint density at radius 3 is 2.27 bits per heavy atom. The summed E-state index contributed by atoms with van der Waals surface area (Å²) in [7, 11) is 1.66. The van der Waals surface area contributed by atoms with Crippen LogP contribution in [-0.4, -0.2) is 30.4 Å². The van der Waals surface area contributed by atoms with Crippen molar-refractivity contribution >= 4 is 5.82 Å². The van der Waals surface area contributed by atoms with Crippen LogP contribution in [0.3, 0.4) is 0 Å². The number of nitrogens with zero attached hydrogens (tertiary/aromatic N) is 3. The summed E-state index contributed by atoms with van der Waals surface area (Å²) < 4.78 is 42.8. The molecule has 140 valence electrons. The largest absolute Gasteiger partial charge is 0.497 e. The summed E-state index contributed by atoms with van der Waals surface area (Å²) in [6.45, 7) is 1.60. The summed E-state index contributed by atoms with van der Waals surface area (Å²) in [6, 6.07) is 10.5. The summed E-state index contributed by atoms with van der Waals surface area (Å²) in [5.74, 6) is 2.00. The number of rotatable bonds is 5. The SMILES string of the molecule is COc1ccc(CCC2CCN(c3ccc(C(F)(F)F)nn3)CC2)cc1. The van der Waals surface area contributed by atoms with Gasteiger partial charge >= 0.3 is 6.18 Å². The molecule has 4 nitrogen and oxygen atoms in total. The molecule has 2 aromatic rings. The van der Waals surface area contributed by atoms with E-state index in [4.69, 9.17) is 4.74 Å². The minimum atomic E-state index is -4.44. The highest BCUT2D eigenvalue weighted by Gasteiger charge is 2.33. The van der Waals surface area contributed by atoms with E-state index in [0.717, 1.165) is 50.6 Å². The van der Waals surface area contributed by atoms with Crippen LogP contribution in [0.5, 0.6) is 5.75 Å². The van der Waals surface area contributed by atoms with Crippen molar-refractivity contribution in [3.8, 4) is 5.75 Å². The van der Waals surface area contributed by atoms with Crippen LogP contribution in [0.1, 0.15) is 30.5 Å². The fourth-order valence-corrected chi connectivity index (χ4v) is 3.26. The van der Waals surface area contributed by atoms with Crippen molar-refractivity contribution in [2.24, 2.45) is 5.92 Å². The van der Waals surface area contributed by atoms with Crippen molar-refractivity contribution in [1.29, 1.82) is 0 Å². The van der Waals surface area contributed by atoms with Crippen LogP contribution >= 0.6 is 0 Å². The highest BCUT2D eigenvalue weighted by molar-refractivity contribution is 5.38. The lowest BCUT2D eigenvalue weighted by atomic mass is 9.90. The summed E-state index contributed by atoms with van der Waals surface area (Å²) in [4.78, 5) is 2.01. The average molecular weight is 365 g/mol. The summed E-state index contributed by atoms with van der Waals surface area (Å²) in [6.07, 6.45) is -0.286. The molecule has 1 saturated heterocycles. The second-order valence-electron chi connectivity index (χ2n) is 6.59. The maximum absolute atomic E-state index is 12.6. The van der Waals surface area contributed by atoms with E-state index in [0.29, 0.717) is 11.7 Å². The first kappa shape index (κ1) is 18.5. The van der Waals surface area contributed by atoms with Crippen LogP contribution in [0.25, 0.3) is 0 Å². The molecule has 0 atom stereocenters. The zero-order valence-electron chi connectivity index (χ0n) is 14.7. The number of ether oxygens (including phenoxy) is 1. The van der Waals surface area contributed by atoms with E-state index in [1.165, 1.54) is 11.6 Å². The summed E-state index contributed by atoms with van der Waals surface area (Å²) >= 11 is 0. The van der Waals surface area contributed by atoms with Crippen LogP contribution in [0.4, 0.5) is 19.0 Å². The molecule has 0 aliphatic carbocycles. The molecule has 2 heterocycles. The fourth-order valence-electron chi connectivity index (χ4n) is 3.26. The highest BCUT2D eigenvalue weighted by Crippen LogP contribution is 2.29. The predicted molar refractivity (Wildman–Crippen MR) is 93.3 cm³/mol. The van der Waals surface area contributed by atoms with Gasteiger partial charge in [0, 0.05) is 13.1 Å². The van der Waals surface area contributed by atoms with Crippen molar-refractivity contribution in [1.82, 2.24) is 10.2 Å². The second kappa shape index (κ2) is 7.93. The van der Waals surface area contributed by atoms with E-state index in [2.05, 4.69) is 22.3 Å². The van der Waals surface area contributed by atoms with Crippen LogP contribution in [0, 0.1) is 5.92 Å². The van der Waals surface area contributed by atoms with E-state index in [9.17, 15) is 13.2 Å². The van der Waals surface area contributed by atoms with Crippen LogP contribution in [0.2, 0.25) is 0 Å².